The summed E-state index contributed by atoms with van der Waals surface area (Å²) in [5.41, 5.74) is 1.76. The summed E-state index contributed by atoms with van der Waals surface area (Å²) in [6.07, 6.45) is 6.29. The molecule has 0 N–H and O–H groups in total. The predicted octanol–water partition coefficient (Wildman–Crippen LogP) is 2.60. The molecule has 4 nitrogen and oxygen atoms in total. The molecule has 1 aliphatic heterocycles. The molecule has 102 valence electrons. The van der Waals surface area contributed by atoms with Crippen molar-refractivity contribution in [3.63, 3.8) is 0 Å². The van der Waals surface area contributed by atoms with Gasteiger partial charge in [-0.1, -0.05) is 18.2 Å². The summed E-state index contributed by atoms with van der Waals surface area (Å²) < 4.78 is 7.47. The van der Waals surface area contributed by atoms with Gasteiger partial charge in [-0.2, -0.15) is 10.4 Å². The van der Waals surface area contributed by atoms with Crippen LogP contribution in [-0.2, 0) is 18.9 Å². The zero-order chi connectivity index (χ0) is 14.0. The number of hydrogen-bond donors (Lipinski definition) is 0. The first kappa shape index (κ1) is 12.7. The number of nitrogens with zero attached hydrogens (tertiary/aromatic N) is 3. The Morgan fingerprint density at radius 3 is 3.05 bits per heavy atom. The number of aromatic nitrogens is 2. The Kier molecular flexibility index (Phi) is 3.19. The van der Waals surface area contributed by atoms with Gasteiger partial charge in [-0.05, 0) is 24.5 Å². The average Bonchev–Trinajstić information content (AvgIpc) is 2.91. The smallest absolute Gasteiger partial charge is 0.124 e. The van der Waals surface area contributed by atoms with Gasteiger partial charge < -0.3 is 4.74 Å². The Labute approximate surface area is 118 Å². The van der Waals surface area contributed by atoms with E-state index in [-0.39, 0.29) is 0 Å². The molecule has 0 saturated heterocycles. The van der Waals surface area contributed by atoms with Crippen molar-refractivity contribution < 1.29 is 4.74 Å². The van der Waals surface area contributed by atoms with Crippen LogP contribution >= 0.6 is 0 Å². The van der Waals surface area contributed by atoms with E-state index in [0.717, 1.165) is 30.6 Å². The highest BCUT2D eigenvalue weighted by Gasteiger charge is 2.37. The molecule has 0 fully saturated rings. The molecule has 20 heavy (non-hydrogen) atoms. The van der Waals surface area contributed by atoms with Crippen LogP contribution in [0.2, 0.25) is 0 Å². The maximum atomic E-state index is 9.75. The quantitative estimate of drug-likeness (QED) is 0.859. The maximum absolute atomic E-state index is 9.75. The average molecular weight is 267 g/mol. The van der Waals surface area contributed by atoms with Gasteiger partial charge in [0.05, 0.1) is 24.3 Å². The van der Waals surface area contributed by atoms with Crippen LogP contribution in [0.1, 0.15) is 24.0 Å². The van der Waals surface area contributed by atoms with Crippen LogP contribution in [0, 0.1) is 11.3 Å². The zero-order valence-corrected chi connectivity index (χ0v) is 11.5. The molecule has 1 atom stereocenters. The molecule has 3 rings (SSSR count). The van der Waals surface area contributed by atoms with Crippen molar-refractivity contribution >= 4 is 0 Å². The van der Waals surface area contributed by atoms with E-state index in [1.165, 1.54) is 5.56 Å². The Balaban J connectivity index is 1.87. The number of aryl methyl sites for hydroxylation is 2. The van der Waals surface area contributed by atoms with Gasteiger partial charge >= 0.3 is 0 Å². The van der Waals surface area contributed by atoms with Crippen LogP contribution < -0.4 is 4.74 Å². The van der Waals surface area contributed by atoms with E-state index in [9.17, 15) is 5.26 Å². The molecule has 2 aromatic rings. The minimum atomic E-state index is -0.440. The first-order valence-corrected chi connectivity index (χ1v) is 6.85. The Bertz CT molecular complexity index is 656. The number of rotatable bonds is 3. The summed E-state index contributed by atoms with van der Waals surface area (Å²) >= 11 is 0. The lowest BCUT2D eigenvalue weighted by Gasteiger charge is -2.33. The first-order chi connectivity index (χ1) is 9.73. The monoisotopic (exact) mass is 267 g/mol. The number of fused-ring (bicyclic) bond motifs is 1. The highest BCUT2D eigenvalue weighted by atomic mass is 16.5. The van der Waals surface area contributed by atoms with Gasteiger partial charge in [0.2, 0.25) is 0 Å². The fraction of sp³-hybridized carbons (Fsp3) is 0.375. The minimum Gasteiger partial charge on any atom is -0.493 e. The highest BCUT2D eigenvalue weighted by molar-refractivity contribution is 5.45. The molecular weight excluding hydrogens is 250 g/mol. The second-order valence-electron chi connectivity index (χ2n) is 5.31. The molecular formula is C16H17N3O. The summed E-state index contributed by atoms with van der Waals surface area (Å²) in [7, 11) is 1.91. The van der Waals surface area contributed by atoms with Gasteiger partial charge in [-0.3, -0.25) is 4.68 Å². The van der Waals surface area contributed by atoms with E-state index in [1.54, 1.807) is 4.68 Å². The third-order valence-electron chi connectivity index (χ3n) is 4.00. The molecule has 0 saturated carbocycles. The van der Waals surface area contributed by atoms with Crippen LogP contribution in [0.15, 0.2) is 36.7 Å². The highest BCUT2D eigenvalue weighted by Crippen LogP contribution is 2.41. The largest absolute Gasteiger partial charge is 0.493 e. The molecule has 1 aromatic carbocycles. The standard InChI is InChI=1S/C16H17N3O/c1-19-11-13(10-18-19)6-7-16(12-17)8-9-20-15-5-3-2-4-14(15)16/h2-5,10-11H,6-9H2,1H3. The van der Waals surface area contributed by atoms with Gasteiger partial charge in [-0.25, -0.2) is 0 Å². The fourth-order valence-electron chi connectivity index (χ4n) is 2.85. The topological polar surface area (TPSA) is 50.8 Å². The summed E-state index contributed by atoms with van der Waals surface area (Å²) in [6, 6.07) is 10.4. The summed E-state index contributed by atoms with van der Waals surface area (Å²) in [4.78, 5) is 0. The first-order valence-electron chi connectivity index (χ1n) is 6.85. The number of nitriles is 1. The lowest BCUT2D eigenvalue weighted by Crippen LogP contribution is -2.32. The number of ether oxygens (including phenoxy) is 1. The molecule has 0 radical (unpaired) electrons. The molecule has 1 aliphatic rings. The van der Waals surface area contributed by atoms with Crippen molar-refractivity contribution in [2.24, 2.45) is 7.05 Å². The molecule has 1 aromatic heterocycles. The van der Waals surface area contributed by atoms with Gasteiger partial charge in [-0.15, -0.1) is 0 Å². The molecule has 0 bridgehead atoms. The van der Waals surface area contributed by atoms with Crippen LogP contribution in [0.3, 0.4) is 0 Å². The number of benzene rings is 1. The van der Waals surface area contributed by atoms with Gasteiger partial charge in [0, 0.05) is 25.2 Å². The molecule has 0 aliphatic carbocycles. The van der Waals surface area contributed by atoms with Crippen LogP contribution in [0.25, 0.3) is 0 Å². The van der Waals surface area contributed by atoms with Gasteiger partial charge in [0.25, 0.3) is 0 Å². The van der Waals surface area contributed by atoms with Crippen LogP contribution in [0.4, 0.5) is 0 Å². The van der Waals surface area contributed by atoms with Gasteiger partial charge in [0.15, 0.2) is 0 Å². The van der Waals surface area contributed by atoms with Crippen molar-refractivity contribution in [3.05, 3.63) is 47.8 Å². The Morgan fingerprint density at radius 1 is 1.45 bits per heavy atom. The predicted molar refractivity (Wildman–Crippen MR) is 75.4 cm³/mol. The van der Waals surface area contributed by atoms with Crippen molar-refractivity contribution in [2.45, 2.75) is 24.7 Å². The molecule has 0 spiro atoms. The maximum Gasteiger partial charge on any atom is 0.124 e. The molecule has 4 heteroatoms. The van der Waals surface area contributed by atoms with Crippen molar-refractivity contribution in [1.82, 2.24) is 9.78 Å². The fourth-order valence-corrected chi connectivity index (χ4v) is 2.85. The van der Waals surface area contributed by atoms with Crippen LogP contribution in [0.5, 0.6) is 5.75 Å². The molecule has 2 heterocycles. The van der Waals surface area contributed by atoms with Crippen molar-refractivity contribution in [2.75, 3.05) is 6.61 Å². The Morgan fingerprint density at radius 2 is 2.30 bits per heavy atom. The number of hydrogen-bond acceptors (Lipinski definition) is 3. The van der Waals surface area contributed by atoms with Crippen molar-refractivity contribution in [1.29, 1.82) is 5.26 Å². The summed E-state index contributed by atoms with van der Waals surface area (Å²) in [5, 5.41) is 13.9. The van der Waals surface area contributed by atoms with E-state index >= 15 is 0 Å². The molecule has 0 amide bonds. The van der Waals surface area contributed by atoms with Crippen LogP contribution in [-0.4, -0.2) is 16.4 Å². The van der Waals surface area contributed by atoms with E-state index in [2.05, 4.69) is 11.2 Å². The lowest BCUT2D eigenvalue weighted by atomic mass is 9.73. The lowest BCUT2D eigenvalue weighted by molar-refractivity contribution is 0.236. The normalized spacial score (nSPS) is 20.8. The Hall–Kier alpha value is -2.28. The third-order valence-corrected chi connectivity index (χ3v) is 4.00. The SMILES string of the molecule is Cn1cc(CCC2(C#N)CCOc3ccccc32)cn1. The van der Waals surface area contributed by atoms with Gasteiger partial charge in [0.1, 0.15) is 5.75 Å². The summed E-state index contributed by atoms with van der Waals surface area (Å²) in [5.74, 6) is 0.853. The number of para-hydroxylation sites is 1. The van der Waals surface area contributed by atoms with E-state index < -0.39 is 5.41 Å². The molecule has 1 unspecified atom stereocenters. The van der Waals surface area contributed by atoms with Crippen molar-refractivity contribution in [3.8, 4) is 11.8 Å². The van der Waals surface area contributed by atoms with E-state index in [1.807, 2.05) is 43.7 Å². The third kappa shape index (κ3) is 2.16. The minimum absolute atomic E-state index is 0.440. The van der Waals surface area contributed by atoms with E-state index in [4.69, 9.17) is 4.74 Å². The second kappa shape index (κ2) is 5.01. The van der Waals surface area contributed by atoms with E-state index in [0.29, 0.717) is 6.61 Å². The zero-order valence-electron chi connectivity index (χ0n) is 11.5. The summed E-state index contributed by atoms with van der Waals surface area (Å²) in [6.45, 7) is 0.609. The second-order valence-corrected chi connectivity index (χ2v) is 5.31.